The number of amides is 1. The molecule has 6 nitrogen and oxygen atoms in total. The van der Waals surface area contributed by atoms with Crippen molar-refractivity contribution in [2.24, 2.45) is 0 Å². The second-order valence-electron chi connectivity index (χ2n) is 6.98. The molecule has 1 heterocycles. The Kier molecular flexibility index (Phi) is 4.85. The molecule has 0 spiro atoms. The fourth-order valence-electron chi connectivity index (χ4n) is 3.62. The van der Waals surface area contributed by atoms with Crippen LogP contribution in [0.3, 0.4) is 0 Å². The third-order valence-electron chi connectivity index (χ3n) is 5.09. The van der Waals surface area contributed by atoms with Crippen molar-refractivity contribution in [3.05, 3.63) is 71.5 Å². The number of hydrogen-bond acceptors (Lipinski definition) is 4. The number of sulfonamides is 1. The first kappa shape index (κ1) is 19.5. The van der Waals surface area contributed by atoms with Gasteiger partial charge >= 0.3 is 0 Å². The maximum Gasteiger partial charge on any atom is 0.258 e. The Hall–Kier alpha value is -2.81. The summed E-state index contributed by atoms with van der Waals surface area (Å²) in [5.74, 6) is -0.635. The molecule has 4 rings (SSSR count). The van der Waals surface area contributed by atoms with Crippen LogP contribution in [-0.4, -0.2) is 39.1 Å². The number of benzene rings is 3. The Bertz CT molecular complexity index is 1230. The van der Waals surface area contributed by atoms with Gasteiger partial charge in [0.1, 0.15) is 5.82 Å². The molecule has 0 saturated carbocycles. The van der Waals surface area contributed by atoms with Gasteiger partial charge in [0.25, 0.3) is 5.91 Å². The molecule has 150 valence electrons. The molecule has 2 N–H and O–H groups in total. The van der Waals surface area contributed by atoms with Gasteiger partial charge in [-0.3, -0.25) is 4.79 Å². The fraction of sp³-hybridized carbons (Fsp3) is 0.190. The monoisotopic (exact) mass is 414 g/mol. The molecule has 0 aromatic heterocycles. The van der Waals surface area contributed by atoms with Crippen molar-refractivity contribution in [1.29, 1.82) is 0 Å². The van der Waals surface area contributed by atoms with Crippen LogP contribution >= 0.6 is 0 Å². The lowest BCUT2D eigenvalue weighted by Crippen LogP contribution is -2.33. The predicted molar refractivity (Wildman–Crippen MR) is 108 cm³/mol. The summed E-state index contributed by atoms with van der Waals surface area (Å²) in [6, 6.07) is 14.0. The van der Waals surface area contributed by atoms with E-state index in [0.29, 0.717) is 27.6 Å². The van der Waals surface area contributed by atoms with E-state index in [4.69, 9.17) is 0 Å². The minimum atomic E-state index is -3.96. The number of aliphatic hydroxyl groups excluding tert-OH is 1. The minimum absolute atomic E-state index is 0.0156. The standard InChI is InChI=1S/C21H19FN2O4S/c1-24-18-9-10-19(15-6-4-7-16(20(15)18)21(24)26)29(27,28)23-12-14(25)11-13-5-2-3-8-17(13)22/h2-10,14,23,25H,11-12H2,1H3. The fourth-order valence-corrected chi connectivity index (χ4v) is 4.89. The molecule has 0 bridgehead atoms. The zero-order chi connectivity index (χ0) is 20.8. The third kappa shape index (κ3) is 3.39. The molecular formula is C21H19FN2O4S. The summed E-state index contributed by atoms with van der Waals surface area (Å²) in [5.41, 5.74) is 1.42. The van der Waals surface area contributed by atoms with Gasteiger partial charge in [-0.1, -0.05) is 30.3 Å². The summed E-state index contributed by atoms with van der Waals surface area (Å²) in [6.45, 7) is -0.265. The number of halogens is 1. The van der Waals surface area contributed by atoms with Crippen LogP contribution in [0.15, 0.2) is 59.5 Å². The smallest absolute Gasteiger partial charge is 0.258 e. The molecule has 3 aromatic rings. The quantitative estimate of drug-likeness (QED) is 0.649. The summed E-state index contributed by atoms with van der Waals surface area (Å²) >= 11 is 0. The molecule has 0 aliphatic carbocycles. The average Bonchev–Trinajstić information content (AvgIpc) is 2.95. The van der Waals surface area contributed by atoms with Gasteiger partial charge in [0.05, 0.1) is 16.7 Å². The first-order valence-electron chi connectivity index (χ1n) is 9.04. The number of carbonyl (C=O) groups excluding carboxylic acids is 1. The first-order chi connectivity index (χ1) is 13.8. The molecule has 1 unspecified atom stereocenters. The van der Waals surface area contributed by atoms with E-state index in [2.05, 4.69) is 4.72 Å². The second-order valence-corrected chi connectivity index (χ2v) is 8.71. The van der Waals surface area contributed by atoms with Crippen LogP contribution in [0.25, 0.3) is 10.8 Å². The highest BCUT2D eigenvalue weighted by molar-refractivity contribution is 7.89. The van der Waals surface area contributed by atoms with E-state index in [0.717, 1.165) is 0 Å². The van der Waals surface area contributed by atoms with Gasteiger partial charge < -0.3 is 10.0 Å². The lowest BCUT2D eigenvalue weighted by molar-refractivity contribution is 0.0999. The summed E-state index contributed by atoms with van der Waals surface area (Å²) in [7, 11) is -2.32. The van der Waals surface area contributed by atoms with Gasteiger partial charge in [-0.25, -0.2) is 17.5 Å². The van der Waals surface area contributed by atoms with Gasteiger partial charge in [-0.2, -0.15) is 0 Å². The summed E-state index contributed by atoms with van der Waals surface area (Å²) in [6.07, 6.45) is -1.11. The maximum atomic E-state index is 13.7. The molecule has 1 atom stereocenters. The Morgan fingerprint density at radius 2 is 1.86 bits per heavy atom. The molecule has 3 aromatic carbocycles. The van der Waals surface area contributed by atoms with Crippen LogP contribution in [0.1, 0.15) is 15.9 Å². The van der Waals surface area contributed by atoms with Gasteiger partial charge in [0.15, 0.2) is 0 Å². The van der Waals surface area contributed by atoms with Crippen LogP contribution in [0.4, 0.5) is 10.1 Å². The molecule has 29 heavy (non-hydrogen) atoms. The van der Waals surface area contributed by atoms with E-state index in [1.54, 1.807) is 49.5 Å². The highest BCUT2D eigenvalue weighted by Crippen LogP contribution is 2.39. The minimum Gasteiger partial charge on any atom is -0.391 e. The lowest BCUT2D eigenvalue weighted by Gasteiger charge is -2.15. The number of carbonyl (C=O) groups is 1. The molecule has 0 radical (unpaired) electrons. The van der Waals surface area contributed by atoms with Crippen molar-refractivity contribution in [2.45, 2.75) is 17.4 Å². The molecule has 0 saturated heterocycles. The number of rotatable bonds is 6. The Morgan fingerprint density at radius 3 is 2.62 bits per heavy atom. The molecule has 0 fully saturated rings. The largest absolute Gasteiger partial charge is 0.391 e. The van der Waals surface area contributed by atoms with Crippen molar-refractivity contribution in [2.75, 3.05) is 18.5 Å². The van der Waals surface area contributed by atoms with Crippen molar-refractivity contribution >= 4 is 32.4 Å². The summed E-state index contributed by atoms with van der Waals surface area (Å²) < 4.78 is 41.9. The van der Waals surface area contributed by atoms with Crippen molar-refractivity contribution in [3.8, 4) is 0 Å². The Balaban J connectivity index is 1.60. The lowest BCUT2D eigenvalue weighted by atomic mass is 10.1. The van der Waals surface area contributed by atoms with Crippen LogP contribution in [0.5, 0.6) is 0 Å². The Morgan fingerprint density at radius 1 is 1.10 bits per heavy atom. The van der Waals surface area contributed by atoms with Crippen molar-refractivity contribution < 1.29 is 22.7 Å². The van der Waals surface area contributed by atoms with E-state index in [9.17, 15) is 22.7 Å². The van der Waals surface area contributed by atoms with Crippen LogP contribution < -0.4 is 9.62 Å². The number of hydrogen-bond donors (Lipinski definition) is 2. The summed E-state index contributed by atoms with van der Waals surface area (Å²) in [5, 5.41) is 11.2. The van der Waals surface area contributed by atoms with Gasteiger partial charge in [-0.15, -0.1) is 0 Å². The van der Waals surface area contributed by atoms with E-state index in [-0.39, 0.29) is 23.8 Å². The number of nitrogens with one attached hydrogen (secondary N) is 1. The van der Waals surface area contributed by atoms with Crippen molar-refractivity contribution in [3.63, 3.8) is 0 Å². The molecule has 1 amide bonds. The van der Waals surface area contributed by atoms with Crippen LogP contribution in [-0.2, 0) is 16.4 Å². The zero-order valence-electron chi connectivity index (χ0n) is 15.6. The summed E-state index contributed by atoms with van der Waals surface area (Å²) in [4.78, 5) is 13.9. The van der Waals surface area contributed by atoms with Gasteiger partial charge in [-0.05, 0) is 29.8 Å². The van der Waals surface area contributed by atoms with E-state index in [1.807, 2.05) is 0 Å². The SMILES string of the molecule is CN1C(=O)c2cccc3c(S(=O)(=O)NCC(O)Cc4ccccc4F)ccc1c23. The molecular weight excluding hydrogens is 395 g/mol. The molecule has 1 aliphatic heterocycles. The first-order valence-corrected chi connectivity index (χ1v) is 10.5. The Labute approximate surface area is 167 Å². The van der Waals surface area contributed by atoms with Crippen LogP contribution in [0.2, 0.25) is 0 Å². The normalized spacial score (nSPS) is 14.6. The average molecular weight is 414 g/mol. The third-order valence-corrected chi connectivity index (χ3v) is 6.57. The van der Waals surface area contributed by atoms with E-state index in [1.165, 1.54) is 17.0 Å². The van der Waals surface area contributed by atoms with E-state index < -0.39 is 21.9 Å². The topological polar surface area (TPSA) is 86.7 Å². The number of anilines is 1. The number of nitrogens with zero attached hydrogens (tertiary/aromatic N) is 1. The predicted octanol–water partition coefficient (Wildman–Crippen LogP) is 2.45. The van der Waals surface area contributed by atoms with Crippen molar-refractivity contribution in [1.82, 2.24) is 4.72 Å². The second kappa shape index (κ2) is 7.22. The molecule has 8 heteroatoms. The molecule has 1 aliphatic rings. The maximum absolute atomic E-state index is 13.7. The van der Waals surface area contributed by atoms with Gasteiger partial charge in [0.2, 0.25) is 10.0 Å². The van der Waals surface area contributed by atoms with E-state index >= 15 is 0 Å². The zero-order valence-corrected chi connectivity index (χ0v) is 16.4. The highest BCUT2D eigenvalue weighted by Gasteiger charge is 2.30. The van der Waals surface area contributed by atoms with Gasteiger partial charge in [0, 0.05) is 36.3 Å². The van der Waals surface area contributed by atoms with Crippen LogP contribution in [0, 0.1) is 5.82 Å². The number of aliphatic hydroxyl groups is 1. The highest BCUT2D eigenvalue weighted by atomic mass is 32.2.